The third-order valence-corrected chi connectivity index (χ3v) is 4.57. The minimum absolute atomic E-state index is 0.329. The number of carbonyl (C=O) groups is 1. The summed E-state index contributed by atoms with van der Waals surface area (Å²) in [5, 5.41) is 5.40. The molecule has 0 aliphatic heterocycles. The third-order valence-electron chi connectivity index (χ3n) is 4.57. The number of anilines is 1. The number of nitrogens with zero attached hydrogens (tertiary/aromatic N) is 4. The van der Waals surface area contributed by atoms with Gasteiger partial charge in [-0.25, -0.2) is 24.7 Å². The van der Waals surface area contributed by atoms with E-state index in [-0.39, 0.29) is 6.03 Å². The van der Waals surface area contributed by atoms with Gasteiger partial charge in [-0.1, -0.05) is 0 Å². The van der Waals surface area contributed by atoms with Gasteiger partial charge in [-0.3, -0.25) is 5.32 Å². The standard InChI is InChI=1S/C21H21N7O2/c1-4-22-21(29)28-20-26-16-10-13(15-11-25-17(30-3)8-12(15)2)9-14(18(16)27-20)19-23-6-5-7-24-19/h5-11H,4H2,1-3H3,(H3,22,26,27,28,29). The van der Waals surface area contributed by atoms with Crippen LogP contribution in [0.3, 0.4) is 0 Å². The third kappa shape index (κ3) is 3.77. The summed E-state index contributed by atoms with van der Waals surface area (Å²) in [6.07, 6.45) is 5.14. The molecule has 0 atom stereocenters. The first-order valence-corrected chi connectivity index (χ1v) is 9.46. The van der Waals surface area contributed by atoms with Crippen molar-refractivity contribution in [1.82, 2.24) is 30.2 Å². The number of H-pyrrole nitrogens is 1. The number of amides is 2. The van der Waals surface area contributed by atoms with Gasteiger partial charge in [0, 0.05) is 42.3 Å². The lowest BCUT2D eigenvalue weighted by Crippen LogP contribution is -2.28. The summed E-state index contributed by atoms with van der Waals surface area (Å²) in [6, 6.07) is 7.24. The van der Waals surface area contributed by atoms with Crippen LogP contribution in [0.15, 0.2) is 42.9 Å². The van der Waals surface area contributed by atoms with Gasteiger partial charge in [-0.05, 0) is 43.2 Å². The average Bonchev–Trinajstić information content (AvgIpc) is 3.15. The quantitative estimate of drug-likeness (QED) is 0.469. The molecule has 1 aromatic carbocycles. The van der Waals surface area contributed by atoms with Gasteiger partial charge in [0.1, 0.15) is 0 Å². The van der Waals surface area contributed by atoms with Gasteiger partial charge in [-0.2, -0.15) is 0 Å². The summed E-state index contributed by atoms with van der Waals surface area (Å²) in [6.45, 7) is 4.36. The molecule has 3 N–H and O–H groups in total. The summed E-state index contributed by atoms with van der Waals surface area (Å²) in [4.78, 5) is 32.7. The lowest BCUT2D eigenvalue weighted by atomic mass is 9.99. The maximum Gasteiger partial charge on any atom is 0.321 e. The molecule has 0 bridgehead atoms. The first-order chi connectivity index (χ1) is 14.6. The fourth-order valence-corrected chi connectivity index (χ4v) is 3.20. The Kier molecular flexibility index (Phi) is 5.25. The van der Waals surface area contributed by atoms with Crippen LogP contribution >= 0.6 is 0 Å². The second kappa shape index (κ2) is 8.16. The van der Waals surface area contributed by atoms with E-state index in [9.17, 15) is 4.79 Å². The van der Waals surface area contributed by atoms with E-state index in [0.29, 0.717) is 29.7 Å². The van der Waals surface area contributed by atoms with Gasteiger partial charge < -0.3 is 15.0 Å². The van der Waals surface area contributed by atoms with E-state index in [1.807, 2.05) is 32.0 Å². The van der Waals surface area contributed by atoms with Crippen LogP contribution in [0.5, 0.6) is 5.88 Å². The molecule has 0 fully saturated rings. The van der Waals surface area contributed by atoms with E-state index in [1.165, 1.54) is 0 Å². The number of benzene rings is 1. The second-order valence-corrected chi connectivity index (χ2v) is 6.60. The lowest BCUT2D eigenvalue weighted by molar-refractivity contribution is 0.252. The number of aryl methyl sites for hydroxylation is 1. The molecule has 0 saturated heterocycles. The number of aromatic amines is 1. The highest BCUT2D eigenvalue weighted by Crippen LogP contribution is 2.34. The predicted molar refractivity (Wildman–Crippen MR) is 114 cm³/mol. The lowest BCUT2D eigenvalue weighted by Gasteiger charge is -2.10. The molecule has 9 nitrogen and oxygen atoms in total. The first kappa shape index (κ1) is 19.3. The second-order valence-electron chi connectivity index (χ2n) is 6.60. The zero-order chi connectivity index (χ0) is 21.1. The Morgan fingerprint density at radius 2 is 1.93 bits per heavy atom. The highest BCUT2D eigenvalue weighted by molar-refractivity contribution is 5.97. The van der Waals surface area contributed by atoms with Crippen LogP contribution in [0, 0.1) is 6.92 Å². The van der Waals surface area contributed by atoms with Crippen molar-refractivity contribution < 1.29 is 9.53 Å². The SMILES string of the molecule is CCNC(=O)Nc1nc2cc(-c3cnc(OC)cc3C)cc(-c3ncccn3)c2[nH]1. The number of carbonyl (C=O) groups excluding carboxylic acids is 1. The molecule has 0 unspecified atom stereocenters. The van der Waals surface area contributed by atoms with Crippen molar-refractivity contribution >= 4 is 23.0 Å². The summed E-state index contributed by atoms with van der Waals surface area (Å²) < 4.78 is 5.21. The van der Waals surface area contributed by atoms with Gasteiger partial charge in [0.2, 0.25) is 11.8 Å². The summed E-state index contributed by atoms with van der Waals surface area (Å²) in [7, 11) is 1.59. The number of methoxy groups -OCH3 is 1. The average molecular weight is 403 g/mol. The molecule has 4 aromatic rings. The molecule has 0 spiro atoms. The van der Waals surface area contributed by atoms with Crippen molar-refractivity contribution in [2.24, 2.45) is 0 Å². The van der Waals surface area contributed by atoms with Crippen molar-refractivity contribution in [3.63, 3.8) is 0 Å². The van der Waals surface area contributed by atoms with Gasteiger partial charge in [-0.15, -0.1) is 0 Å². The number of imidazole rings is 1. The maximum absolute atomic E-state index is 11.9. The molecule has 3 aromatic heterocycles. The zero-order valence-corrected chi connectivity index (χ0v) is 16.9. The van der Waals surface area contributed by atoms with E-state index in [0.717, 1.165) is 27.8 Å². The molecule has 0 aliphatic carbocycles. The minimum Gasteiger partial charge on any atom is -0.481 e. The Bertz CT molecular complexity index is 1200. The van der Waals surface area contributed by atoms with Gasteiger partial charge >= 0.3 is 6.03 Å². The number of pyridine rings is 1. The Labute approximate surface area is 173 Å². The molecule has 152 valence electrons. The van der Waals surface area contributed by atoms with Crippen molar-refractivity contribution in [2.75, 3.05) is 19.0 Å². The van der Waals surface area contributed by atoms with Crippen molar-refractivity contribution in [2.45, 2.75) is 13.8 Å². The minimum atomic E-state index is -0.329. The van der Waals surface area contributed by atoms with E-state index < -0.39 is 0 Å². The van der Waals surface area contributed by atoms with Crippen LogP contribution in [0.25, 0.3) is 33.5 Å². The van der Waals surface area contributed by atoms with Crippen LogP contribution in [0.1, 0.15) is 12.5 Å². The number of hydrogen-bond donors (Lipinski definition) is 3. The Balaban J connectivity index is 1.87. The van der Waals surface area contributed by atoms with E-state index in [1.54, 1.807) is 31.8 Å². The number of fused-ring (bicyclic) bond motifs is 1. The number of aromatic nitrogens is 5. The Hall–Kier alpha value is -4.01. The first-order valence-electron chi connectivity index (χ1n) is 9.46. The Morgan fingerprint density at radius 1 is 1.13 bits per heavy atom. The number of rotatable bonds is 5. The summed E-state index contributed by atoms with van der Waals surface area (Å²) in [5.41, 5.74) is 5.05. The number of nitrogens with one attached hydrogen (secondary N) is 3. The highest BCUT2D eigenvalue weighted by Gasteiger charge is 2.16. The molecular weight excluding hydrogens is 382 g/mol. The van der Waals surface area contributed by atoms with E-state index in [4.69, 9.17) is 4.74 Å². The molecular formula is C21H21N7O2. The number of urea groups is 1. The van der Waals surface area contributed by atoms with E-state index >= 15 is 0 Å². The van der Waals surface area contributed by atoms with Crippen LogP contribution in [-0.4, -0.2) is 44.6 Å². The molecule has 9 heteroatoms. The van der Waals surface area contributed by atoms with Crippen molar-refractivity contribution in [1.29, 1.82) is 0 Å². The normalized spacial score (nSPS) is 10.8. The molecule has 0 aliphatic rings. The molecule has 4 rings (SSSR count). The zero-order valence-electron chi connectivity index (χ0n) is 16.9. The number of ether oxygens (including phenoxy) is 1. The largest absolute Gasteiger partial charge is 0.481 e. The maximum atomic E-state index is 11.9. The summed E-state index contributed by atoms with van der Waals surface area (Å²) >= 11 is 0. The topological polar surface area (TPSA) is 118 Å². The van der Waals surface area contributed by atoms with Gasteiger partial charge in [0.15, 0.2) is 5.82 Å². The molecule has 0 saturated carbocycles. The van der Waals surface area contributed by atoms with Crippen molar-refractivity contribution in [3.05, 3.63) is 48.4 Å². The monoisotopic (exact) mass is 403 g/mol. The smallest absolute Gasteiger partial charge is 0.321 e. The van der Waals surface area contributed by atoms with Crippen LogP contribution in [0.4, 0.5) is 10.7 Å². The molecule has 0 radical (unpaired) electrons. The van der Waals surface area contributed by atoms with E-state index in [2.05, 4.69) is 35.6 Å². The van der Waals surface area contributed by atoms with Crippen LogP contribution < -0.4 is 15.4 Å². The molecule has 2 amide bonds. The number of hydrogen-bond acceptors (Lipinski definition) is 6. The molecule has 30 heavy (non-hydrogen) atoms. The highest BCUT2D eigenvalue weighted by atomic mass is 16.5. The fraction of sp³-hybridized carbons (Fsp3) is 0.190. The van der Waals surface area contributed by atoms with Crippen molar-refractivity contribution in [3.8, 4) is 28.4 Å². The molecule has 3 heterocycles. The van der Waals surface area contributed by atoms with Gasteiger partial charge in [0.05, 0.1) is 18.1 Å². The Morgan fingerprint density at radius 3 is 2.63 bits per heavy atom. The van der Waals surface area contributed by atoms with Crippen LogP contribution in [-0.2, 0) is 0 Å². The summed E-state index contributed by atoms with van der Waals surface area (Å²) in [5.74, 6) is 1.45. The van der Waals surface area contributed by atoms with Crippen LogP contribution in [0.2, 0.25) is 0 Å². The van der Waals surface area contributed by atoms with Gasteiger partial charge in [0.25, 0.3) is 0 Å². The predicted octanol–water partition coefficient (Wildman–Crippen LogP) is 3.54. The fourth-order valence-electron chi connectivity index (χ4n) is 3.20.